The van der Waals surface area contributed by atoms with Crippen LogP contribution in [-0.2, 0) is 19.6 Å². The minimum Gasteiger partial charge on any atom is -0.466 e. The lowest BCUT2D eigenvalue weighted by molar-refractivity contribution is -0.143. The number of carbonyl (C=O) groups excluding carboxylic acids is 1. The van der Waals surface area contributed by atoms with Gasteiger partial charge in [-0.05, 0) is 25.5 Å². The second kappa shape index (κ2) is 7.93. The molecule has 0 fully saturated rings. The maximum absolute atomic E-state index is 13.5. The van der Waals surface area contributed by atoms with Gasteiger partial charge in [-0.1, -0.05) is 23.2 Å². The highest BCUT2D eigenvalue weighted by atomic mass is 35.5. The topological polar surface area (TPSA) is 72.5 Å². The molecular weight excluding hydrogens is 344 g/mol. The van der Waals surface area contributed by atoms with Crippen molar-refractivity contribution >= 4 is 39.2 Å². The molecule has 118 valence electrons. The van der Waals surface area contributed by atoms with Crippen molar-refractivity contribution in [3.05, 3.63) is 28.0 Å². The van der Waals surface area contributed by atoms with Crippen LogP contribution >= 0.6 is 23.2 Å². The van der Waals surface area contributed by atoms with Crippen LogP contribution in [0.2, 0.25) is 10.0 Å². The summed E-state index contributed by atoms with van der Waals surface area (Å²) in [5.41, 5.74) is 0. The van der Waals surface area contributed by atoms with Gasteiger partial charge in [0.05, 0.1) is 16.7 Å². The zero-order chi connectivity index (χ0) is 16.0. The van der Waals surface area contributed by atoms with Gasteiger partial charge in [0.2, 0.25) is 10.0 Å². The number of nitrogens with one attached hydrogen (secondary N) is 1. The predicted octanol–water partition coefficient (Wildman–Crippen LogP) is 2.75. The van der Waals surface area contributed by atoms with Crippen LogP contribution in [0.3, 0.4) is 0 Å². The summed E-state index contributed by atoms with van der Waals surface area (Å²) in [5, 5.41) is -0.832. The van der Waals surface area contributed by atoms with Crippen LogP contribution in [0.1, 0.15) is 19.8 Å². The van der Waals surface area contributed by atoms with Crippen molar-refractivity contribution in [2.75, 3.05) is 13.2 Å². The third-order valence-corrected chi connectivity index (χ3v) is 4.72. The Balaban J connectivity index is 2.67. The minimum atomic E-state index is -3.97. The van der Waals surface area contributed by atoms with Crippen molar-refractivity contribution in [2.24, 2.45) is 0 Å². The van der Waals surface area contributed by atoms with Gasteiger partial charge >= 0.3 is 5.97 Å². The lowest BCUT2D eigenvalue weighted by Gasteiger charge is -2.09. The number of ether oxygens (including phenoxy) is 1. The van der Waals surface area contributed by atoms with E-state index in [1.165, 1.54) is 0 Å². The van der Waals surface area contributed by atoms with E-state index in [1.807, 2.05) is 0 Å². The first-order valence-electron chi connectivity index (χ1n) is 6.08. The number of rotatable bonds is 7. The predicted molar refractivity (Wildman–Crippen MR) is 77.5 cm³/mol. The zero-order valence-corrected chi connectivity index (χ0v) is 13.5. The van der Waals surface area contributed by atoms with Gasteiger partial charge in [-0.3, -0.25) is 4.79 Å². The second-order valence-corrected chi connectivity index (χ2v) is 6.50. The van der Waals surface area contributed by atoms with Crippen LogP contribution in [0.15, 0.2) is 17.0 Å². The molecule has 21 heavy (non-hydrogen) atoms. The third-order valence-electron chi connectivity index (χ3n) is 2.44. The van der Waals surface area contributed by atoms with E-state index in [-0.39, 0.29) is 31.0 Å². The van der Waals surface area contributed by atoms with Crippen LogP contribution in [0.5, 0.6) is 0 Å². The average molecular weight is 358 g/mol. The quantitative estimate of drug-likeness (QED) is 0.462. The first-order valence-corrected chi connectivity index (χ1v) is 8.32. The van der Waals surface area contributed by atoms with E-state index in [9.17, 15) is 17.6 Å². The molecule has 0 atom stereocenters. The molecule has 1 aromatic carbocycles. The largest absolute Gasteiger partial charge is 0.466 e. The summed E-state index contributed by atoms with van der Waals surface area (Å²) in [5.74, 6) is -1.40. The van der Waals surface area contributed by atoms with Crippen molar-refractivity contribution in [3.8, 4) is 0 Å². The Bertz CT molecular complexity index is 622. The standard InChI is InChI=1S/C12H14Cl2FNO4S/c1-2-20-10(17)4-3-7-16-21(18,19)9-6-5-8(13)12(15)11(9)14/h5-6,16H,2-4,7H2,1H3. The van der Waals surface area contributed by atoms with E-state index in [0.717, 1.165) is 12.1 Å². The Morgan fingerprint density at radius 2 is 2.05 bits per heavy atom. The van der Waals surface area contributed by atoms with Crippen LogP contribution in [0.25, 0.3) is 0 Å². The summed E-state index contributed by atoms with van der Waals surface area (Å²) >= 11 is 11.1. The van der Waals surface area contributed by atoms with Crippen LogP contribution in [0.4, 0.5) is 4.39 Å². The first kappa shape index (κ1) is 18.2. The fourth-order valence-electron chi connectivity index (χ4n) is 1.47. The van der Waals surface area contributed by atoms with Gasteiger partial charge in [-0.15, -0.1) is 0 Å². The molecule has 0 aliphatic heterocycles. The van der Waals surface area contributed by atoms with E-state index < -0.39 is 31.7 Å². The van der Waals surface area contributed by atoms with E-state index in [1.54, 1.807) is 6.92 Å². The molecule has 0 aromatic heterocycles. The van der Waals surface area contributed by atoms with E-state index >= 15 is 0 Å². The molecule has 5 nitrogen and oxygen atoms in total. The monoisotopic (exact) mass is 357 g/mol. The van der Waals surface area contributed by atoms with Gasteiger partial charge in [0, 0.05) is 13.0 Å². The number of halogens is 3. The van der Waals surface area contributed by atoms with Gasteiger partial charge in [0.15, 0.2) is 5.82 Å². The van der Waals surface area contributed by atoms with Crippen LogP contribution < -0.4 is 4.72 Å². The molecule has 0 saturated carbocycles. The van der Waals surface area contributed by atoms with Crippen molar-refractivity contribution in [1.82, 2.24) is 4.72 Å². The SMILES string of the molecule is CCOC(=O)CCCNS(=O)(=O)c1ccc(Cl)c(F)c1Cl. The molecule has 0 aliphatic carbocycles. The summed E-state index contributed by atoms with van der Waals surface area (Å²) in [7, 11) is -3.97. The highest BCUT2D eigenvalue weighted by Crippen LogP contribution is 2.29. The van der Waals surface area contributed by atoms with Gasteiger partial charge in [0.1, 0.15) is 4.90 Å². The third kappa shape index (κ3) is 5.10. The molecule has 0 spiro atoms. The average Bonchev–Trinajstić information content (AvgIpc) is 2.41. The van der Waals surface area contributed by atoms with E-state index in [4.69, 9.17) is 27.9 Å². The molecule has 0 unspecified atom stereocenters. The fourth-order valence-corrected chi connectivity index (χ4v) is 3.28. The van der Waals surface area contributed by atoms with Crippen molar-refractivity contribution < 1.29 is 22.3 Å². The van der Waals surface area contributed by atoms with Crippen molar-refractivity contribution in [1.29, 1.82) is 0 Å². The van der Waals surface area contributed by atoms with Crippen LogP contribution in [0, 0.1) is 5.82 Å². The molecule has 1 aromatic rings. The Hall–Kier alpha value is -0.890. The molecular formula is C12H14Cl2FNO4S. The van der Waals surface area contributed by atoms with Gasteiger partial charge in [-0.2, -0.15) is 0 Å². The number of esters is 1. The highest BCUT2D eigenvalue weighted by molar-refractivity contribution is 7.89. The fraction of sp³-hybridized carbons (Fsp3) is 0.417. The number of benzene rings is 1. The maximum atomic E-state index is 13.5. The Kier molecular flexibility index (Phi) is 6.86. The van der Waals surface area contributed by atoms with Crippen molar-refractivity contribution in [3.63, 3.8) is 0 Å². The molecule has 1 rings (SSSR count). The maximum Gasteiger partial charge on any atom is 0.305 e. The van der Waals surface area contributed by atoms with Gasteiger partial charge < -0.3 is 4.74 Å². The normalized spacial score (nSPS) is 11.4. The molecule has 9 heteroatoms. The molecule has 0 radical (unpaired) electrons. The summed E-state index contributed by atoms with van der Waals surface area (Å²) in [6.45, 7) is 1.95. The summed E-state index contributed by atoms with van der Waals surface area (Å²) in [4.78, 5) is 10.7. The molecule has 0 bridgehead atoms. The summed E-state index contributed by atoms with van der Waals surface area (Å²) < 4.78 is 44.3. The van der Waals surface area contributed by atoms with Gasteiger partial charge in [-0.25, -0.2) is 17.5 Å². The number of sulfonamides is 1. The minimum absolute atomic E-state index is 0.00171. The van der Waals surface area contributed by atoms with Crippen LogP contribution in [-0.4, -0.2) is 27.5 Å². The zero-order valence-electron chi connectivity index (χ0n) is 11.2. The highest BCUT2D eigenvalue weighted by Gasteiger charge is 2.21. The molecule has 0 saturated heterocycles. The molecule has 0 aliphatic rings. The van der Waals surface area contributed by atoms with Gasteiger partial charge in [0.25, 0.3) is 0 Å². The Morgan fingerprint density at radius 3 is 2.67 bits per heavy atom. The molecule has 0 heterocycles. The van der Waals surface area contributed by atoms with Crippen molar-refractivity contribution in [2.45, 2.75) is 24.7 Å². The Labute approximate surface area is 132 Å². The first-order chi connectivity index (χ1) is 9.79. The lowest BCUT2D eigenvalue weighted by atomic mass is 10.3. The lowest BCUT2D eigenvalue weighted by Crippen LogP contribution is -2.26. The molecule has 0 amide bonds. The van der Waals surface area contributed by atoms with E-state index in [2.05, 4.69) is 4.72 Å². The van der Waals surface area contributed by atoms with E-state index in [0.29, 0.717) is 0 Å². The molecule has 1 N–H and O–H groups in total. The Morgan fingerprint density at radius 1 is 1.38 bits per heavy atom. The number of carbonyl (C=O) groups is 1. The number of hydrogen-bond donors (Lipinski definition) is 1. The summed E-state index contributed by atoms with van der Waals surface area (Å²) in [6, 6.07) is 2.22. The second-order valence-electron chi connectivity index (χ2n) is 3.98. The summed E-state index contributed by atoms with van der Waals surface area (Å²) in [6.07, 6.45) is 0.338. The smallest absolute Gasteiger partial charge is 0.305 e. The number of hydrogen-bond acceptors (Lipinski definition) is 4.